The average Bonchev–Trinajstić information content (AvgIpc) is 3.26. The van der Waals surface area contributed by atoms with E-state index in [1.807, 2.05) is 0 Å². The Labute approximate surface area is 188 Å². The highest BCUT2D eigenvalue weighted by molar-refractivity contribution is 8.01. The van der Waals surface area contributed by atoms with Crippen molar-refractivity contribution in [3.63, 3.8) is 0 Å². The summed E-state index contributed by atoms with van der Waals surface area (Å²) in [6.45, 7) is 3.86. The smallest absolute Gasteiger partial charge is 0.344 e. The minimum Gasteiger partial charge on any atom is -0.480 e. The standard InChI is InChI=1S/C20H23N5O6S/c1-20(2)14(17(28)29)24-15(27)13(16(24)32-20)25(12(26)10-11-6-4-3-5-7-11)22-19(31)23-9-8-21-18(23)30/h3-7,13-14,16H,8-10H2,1-2H3,(H,21,30)(H,22,31)(H,28,29)/t13-,14-,16-/m1/s1. The number of carboxylic acid groups (broad SMARTS) is 1. The van der Waals surface area contributed by atoms with Gasteiger partial charge in [0.05, 0.1) is 6.42 Å². The Balaban J connectivity index is 1.60. The number of β-lactam (4-membered cyclic amide) rings is 1. The van der Waals surface area contributed by atoms with Gasteiger partial charge in [-0.1, -0.05) is 30.3 Å². The van der Waals surface area contributed by atoms with Crippen LogP contribution in [0.25, 0.3) is 0 Å². The van der Waals surface area contributed by atoms with E-state index in [2.05, 4.69) is 10.7 Å². The number of carbonyl (C=O) groups is 5. The van der Waals surface area contributed by atoms with E-state index in [-0.39, 0.29) is 19.5 Å². The van der Waals surface area contributed by atoms with Crippen LogP contribution in [-0.4, -0.2) is 85.1 Å². The molecule has 3 aliphatic rings. The van der Waals surface area contributed by atoms with Crippen molar-refractivity contribution in [3.8, 4) is 0 Å². The van der Waals surface area contributed by atoms with E-state index in [0.29, 0.717) is 5.56 Å². The lowest BCUT2D eigenvalue weighted by Gasteiger charge is -2.47. The number of benzene rings is 1. The minimum absolute atomic E-state index is 0.0831. The van der Waals surface area contributed by atoms with E-state index >= 15 is 0 Å². The van der Waals surface area contributed by atoms with Crippen molar-refractivity contribution < 1.29 is 29.1 Å². The molecule has 3 N–H and O–H groups in total. The van der Waals surface area contributed by atoms with Crippen LogP contribution in [0.3, 0.4) is 0 Å². The fraction of sp³-hybridized carbons (Fsp3) is 0.450. The van der Waals surface area contributed by atoms with E-state index in [0.717, 1.165) is 9.91 Å². The lowest BCUT2D eigenvalue weighted by atomic mass is 9.95. The molecule has 0 aliphatic carbocycles. The van der Waals surface area contributed by atoms with Crippen LogP contribution in [0, 0.1) is 0 Å². The summed E-state index contributed by atoms with van der Waals surface area (Å²) in [5.41, 5.74) is 3.11. The number of fused-ring (bicyclic) bond motifs is 1. The molecule has 3 aliphatic heterocycles. The zero-order valence-corrected chi connectivity index (χ0v) is 18.3. The Bertz CT molecular complexity index is 986. The maximum Gasteiger partial charge on any atom is 0.344 e. The van der Waals surface area contributed by atoms with Gasteiger partial charge in [0.15, 0.2) is 6.04 Å². The fourth-order valence-electron chi connectivity index (χ4n) is 4.20. The number of carbonyl (C=O) groups excluding carboxylic acids is 4. The van der Waals surface area contributed by atoms with Gasteiger partial charge in [-0.2, -0.15) is 0 Å². The minimum atomic E-state index is -1.13. The molecule has 0 spiro atoms. The predicted octanol–water partition coefficient (Wildman–Crippen LogP) is 0.223. The molecule has 170 valence electrons. The van der Waals surface area contributed by atoms with Crippen LogP contribution < -0.4 is 10.7 Å². The summed E-state index contributed by atoms with van der Waals surface area (Å²) in [4.78, 5) is 64.7. The molecule has 32 heavy (non-hydrogen) atoms. The number of aliphatic carboxylic acids is 1. The first-order valence-corrected chi connectivity index (χ1v) is 10.9. The molecule has 0 radical (unpaired) electrons. The van der Waals surface area contributed by atoms with Crippen molar-refractivity contribution in [2.24, 2.45) is 0 Å². The number of nitrogens with zero attached hydrogens (tertiary/aromatic N) is 3. The summed E-state index contributed by atoms with van der Waals surface area (Å²) in [6, 6.07) is 5.28. The van der Waals surface area contributed by atoms with Crippen LogP contribution in [0.5, 0.6) is 0 Å². The van der Waals surface area contributed by atoms with Gasteiger partial charge in [-0.3, -0.25) is 9.59 Å². The quantitative estimate of drug-likeness (QED) is 0.431. The van der Waals surface area contributed by atoms with Crippen LogP contribution in [0.1, 0.15) is 19.4 Å². The van der Waals surface area contributed by atoms with E-state index in [1.165, 1.54) is 16.7 Å². The van der Waals surface area contributed by atoms with Gasteiger partial charge in [0.2, 0.25) is 5.91 Å². The van der Waals surface area contributed by atoms with Gasteiger partial charge < -0.3 is 15.3 Å². The molecule has 3 fully saturated rings. The monoisotopic (exact) mass is 461 g/mol. The van der Waals surface area contributed by atoms with Crippen molar-refractivity contribution in [1.29, 1.82) is 0 Å². The largest absolute Gasteiger partial charge is 0.480 e. The van der Waals surface area contributed by atoms with Crippen molar-refractivity contribution in [2.45, 2.75) is 42.5 Å². The Hall–Kier alpha value is -3.28. The third-order valence-corrected chi connectivity index (χ3v) is 7.27. The van der Waals surface area contributed by atoms with Crippen molar-refractivity contribution in [2.75, 3.05) is 13.1 Å². The third-order valence-electron chi connectivity index (χ3n) is 5.71. The number of carboxylic acids is 1. The van der Waals surface area contributed by atoms with Crippen LogP contribution in [0.15, 0.2) is 30.3 Å². The van der Waals surface area contributed by atoms with E-state index in [9.17, 15) is 29.1 Å². The highest BCUT2D eigenvalue weighted by atomic mass is 32.2. The lowest BCUT2D eigenvalue weighted by Crippen LogP contribution is -2.74. The maximum absolute atomic E-state index is 13.2. The number of thioether (sulfide) groups is 1. The number of amides is 6. The molecule has 1 aromatic carbocycles. The van der Waals surface area contributed by atoms with Crippen molar-refractivity contribution in [3.05, 3.63) is 35.9 Å². The molecule has 0 unspecified atom stereocenters. The molecular formula is C20H23N5O6S. The molecule has 3 saturated heterocycles. The first-order valence-electron chi connectivity index (χ1n) is 10.1. The highest BCUT2D eigenvalue weighted by Crippen LogP contribution is 2.51. The molecule has 0 bridgehead atoms. The first-order chi connectivity index (χ1) is 15.1. The lowest BCUT2D eigenvalue weighted by molar-refractivity contribution is -0.170. The van der Waals surface area contributed by atoms with Gasteiger partial charge in [0, 0.05) is 17.8 Å². The molecular weight excluding hydrogens is 438 g/mol. The highest BCUT2D eigenvalue weighted by Gasteiger charge is 2.66. The summed E-state index contributed by atoms with van der Waals surface area (Å²) in [6.07, 6.45) is -0.0831. The Kier molecular flexibility index (Phi) is 5.49. The average molecular weight is 462 g/mol. The zero-order chi connectivity index (χ0) is 23.2. The predicted molar refractivity (Wildman–Crippen MR) is 113 cm³/mol. The van der Waals surface area contributed by atoms with Gasteiger partial charge in [0.1, 0.15) is 11.4 Å². The number of rotatable bonds is 4. The Morgan fingerprint density at radius 2 is 1.94 bits per heavy atom. The third kappa shape index (κ3) is 3.64. The van der Waals surface area contributed by atoms with Crippen molar-refractivity contribution in [1.82, 2.24) is 25.6 Å². The van der Waals surface area contributed by atoms with E-state index < -0.39 is 52.1 Å². The van der Waals surface area contributed by atoms with Crippen LogP contribution in [0.2, 0.25) is 0 Å². The number of hydrazine groups is 1. The fourth-order valence-corrected chi connectivity index (χ4v) is 5.87. The molecule has 3 heterocycles. The van der Waals surface area contributed by atoms with Crippen LogP contribution in [0.4, 0.5) is 9.59 Å². The molecule has 1 aromatic rings. The summed E-state index contributed by atoms with van der Waals surface area (Å²) in [5, 5.41) is 12.5. The molecule has 3 atom stereocenters. The summed E-state index contributed by atoms with van der Waals surface area (Å²) < 4.78 is -0.784. The Morgan fingerprint density at radius 3 is 2.53 bits per heavy atom. The van der Waals surface area contributed by atoms with Crippen molar-refractivity contribution >= 4 is 41.6 Å². The second kappa shape index (κ2) is 8.01. The topological polar surface area (TPSA) is 139 Å². The van der Waals surface area contributed by atoms with Gasteiger partial charge in [-0.25, -0.2) is 29.7 Å². The molecule has 0 saturated carbocycles. The van der Waals surface area contributed by atoms with E-state index in [1.54, 1.807) is 44.2 Å². The summed E-state index contributed by atoms with van der Waals surface area (Å²) in [7, 11) is 0. The van der Waals surface area contributed by atoms with Crippen LogP contribution in [-0.2, 0) is 20.8 Å². The Morgan fingerprint density at radius 1 is 1.25 bits per heavy atom. The number of nitrogens with one attached hydrogen (secondary N) is 2. The number of imide groups is 1. The SMILES string of the molecule is CC1(C)S[C@@H]2[C@H](N(NC(=O)N3CCNC3=O)C(=O)Cc3ccccc3)C(=O)N2[C@@H]1C(=O)O. The second-order valence-corrected chi connectivity index (χ2v) is 10.0. The number of hydrogen-bond acceptors (Lipinski definition) is 6. The maximum atomic E-state index is 13.2. The normalized spacial score (nSPS) is 25.6. The molecule has 4 rings (SSSR count). The molecule has 6 amide bonds. The molecule has 11 nitrogen and oxygen atoms in total. The molecule has 0 aromatic heterocycles. The van der Waals surface area contributed by atoms with Crippen LogP contribution >= 0.6 is 11.8 Å². The number of hydrogen-bond donors (Lipinski definition) is 3. The van der Waals surface area contributed by atoms with E-state index in [4.69, 9.17) is 0 Å². The zero-order valence-electron chi connectivity index (χ0n) is 17.5. The van der Waals surface area contributed by atoms with Gasteiger partial charge in [0.25, 0.3) is 5.91 Å². The molecule has 12 heteroatoms. The van der Waals surface area contributed by atoms with Gasteiger partial charge in [-0.15, -0.1) is 11.8 Å². The summed E-state index contributed by atoms with van der Waals surface area (Å²) >= 11 is 1.26. The van der Waals surface area contributed by atoms with Gasteiger partial charge >= 0.3 is 18.0 Å². The first kappa shape index (κ1) is 21.9. The van der Waals surface area contributed by atoms with Gasteiger partial charge in [-0.05, 0) is 19.4 Å². The summed E-state index contributed by atoms with van der Waals surface area (Å²) in [5.74, 6) is -2.23. The second-order valence-electron chi connectivity index (χ2n) is 8.27. The number of urea groups is 2.